The Balaban J connectivity index is 1.63. The predicted octanol–water partition coefficient (Wildman–Crippen LogP) is 3.37. The van der Waals surface area contributed by atoms with Gasteiger partial charge >= 0.3 is 0 Å². The van der Waals surface area contributed by atoms with Crippen molar-refractivity contribution in [3.63, 3.8) is 0 Å². The zero-order valence-electron chi connectivity index (χ0n) is 21.8. The molecule has 0 spiro atoms. The first-order valence-corrected chi connectivity index (χ1v) is 12.5. The molecule has 8 heteroatoms. The maximum Gasteiger partial charge on any atom is 0.259 e. The molecule has 0 fully saturated rings. The number of aromatic nitrogens is 2. The molecule has 1 N–H and O–H groups in total. The van der Waals surface area contributed by atoms with E-state index in [-0.39, 0.29) is 42.7 Å². The van der Waals surface area contributed by atoms with Gasteiger partial charge in [0.2, 0.25) is 11.8 Å². The predicted molar refractivity (Wildman–Crippen MR) is 141 cm³/mol. The minimum Gasteiger partial charge on any atom is -0.472 e. The number of pyridine rings is 2. The van der Waals surface area contributed by atoms with Crippen molar-refractivity contribution in [3.05, 3.63) is 77.7 Å². The molecule has 0 bridgehead atoms. The number of ether oxygens (including phenoxy) is 1. The lowest BCUT2D eigenvalue weighted by molar-refractivity contribution is -0.130. The van der Waals surface area contributed by atoms with E-state index in [1.54, 1.807) is 41.5 Å². The number of rotatable bonds is 7. The van der Waals surface area contributed by atoms with Crippen molar-refractivity contribution >= 4 is 11.8 Å². The molecule has 0 saturated carbocycles. The van der Waals surface area contributed by atoms with Gasteiger partial charge in [-0.05, 0) is 43.2 Å². The summed E-state index contributed by atoms with van der Waals surface area (Å²) in [6.07, 6.45) is 4.91. The number of carbonyl (C=O) groups is 2. The summed E-state index contributed by atoms with van der Waals surface area (Å²) in [6, 6.07) is 13.1. The van der Waals surface area contributed by atoms with Crippen LogP contribution in [0, 0.1) is 12.8 Å². The third kappa shape index (κ3) is 6.14. The smallest absolute Gasteiger partial charge is 0.259 e. The standard InChI is InChI=1S/C29H34N4O4/c1-19-5-7-23(8-6-19)24-14-25-28(31-15-24)37-26(20(2)16-33(29(25)36)21(3)18-34)17-32(4)27(35)13-22-9-11-30-12-10-22/h5-12,14-15,20-21,26,34H,13,16-18H2,1-4H3/t20-,21-,26-/m1/s1. The number of hydrogen-bond donors (Lipinski definition) is 1. The Hall–Kier alpha value is -3.78. The number of likely N-dealkylation sites (N-methyl/N-ethyl adjacent to an activating group) is 1. The number of carbonyl (C=O) groups excluding carboxylic acids is 2. The van der Waals surface area contributed by atoms with E-state index in [0.717, 1.165) is 22.3 Å². The Kier molecular flexibility index (Phi) is 8.18. The van der Waals surface area contributed by atoms with Gasteiger partial charge in [-0.2, -0.15) is 0 Å². The number of aliphatic hydroxyl groups excluding tert-OH is 1. The molecule has 37 heavy (non-hydrogen) atoms. The van der Waals surface area contributed by atoms with Crippen LogP contribution in [0.5, 0.6) is 5.88 Å². The molecule has 2 amide bonds. The lowest BCUT2D eigenvalue weighted by atomic mass is 9.99. The van der Waals surface area contributed by atoms with Crippen LogP contribution in [0.15, 0.2) is 61.1 Å². The van der Waals surface area contributed by atoms with Gasteiger partial charge in [0.15, 0.2) is 0 Å². The SMILES string of the molecule is Cc1ccc(-c2cnc3c(c2)C(=O)N([C@H](C)CO)C[C@@H](C)[C@@H](CN(C)C(=O)Cc2ccncc2)O3)cc1. The van der Waals surface area contributed by atoms with E-state index in [2.05, 4.69) is 9.97 Å². The first-order valence-electron chi connectivity index (χ1n) is 12.5. The van der Waals surface area contributed by atoms with Gasteiger partial charge in [0, 0.05) is 43.7 Å². The molecule has 3 heterocycles. The Bertz CT molecular complexity index is 1230. The quantitative estimate of drug-likeness (QED) is 0.532. The first kappa shape index (κ1) is 26.3. The van der Waals surface area contributed by atoms with Crippen LogP contribution < -0.4 is 4.74 Å². The zero-order chi connectivity index (χ0) is 26.5. The van der Waals surface area contributed by atoms with Crippen molar-refractivity contribution < 1.29 is 19.4 Å². The van der Waals surface area contributed by atoms with E-state index in [1.165, 1.54) is 0 Å². The van der Waals surface area contributed by atoms with Gasteiger partial charge in [-0.3, -0.25) is 14.6 Å². The Morgan fingerprint density at radius 3 is 2.57 bits per heavy atom. The van der Waals surface area contributed by atoms with E-state index in [0.29, 0.717) is 18.7 Å². The van der Waals surface area contributed by atoms with Crippen molar-refractivity contribution in [1.29, 1.82) is 0 Å². The van der Waals surface area contributed by atoms with Crippen LogP contribution in [0.3, 0.4) is 0 Å². The van der Waals surface area contributed by atoms with Gasteiger partial charge < -0.3 is 19.6 Å². The van der Waals surface area contributed by atoms with Crippen molar-refractivity contribution in [3.8, 4) is 17.0 Å². The van der Waals surface area contributed by atoms with Gasteiger partial charge in [-0.1, -0.05) is 36.8 Å². The zero-order valence-corrected chi connectivity index (χ0v) is 21.8. The summed E-state index contributed by atoms with van der Waals surface area (Å²) in [7, 11) is 1.76. The van der Waals surface area contributed by atoms with E-state index < -0.39 is 6.10 Å². The van der Waals surface area contributed by atoms with E-state index in [4.69, 9.17) is 4.74 Å². The van der Waals surface area contributed by atoms with Crippen molar-refractivity contribution in [2.75, 3.05) is 26.7 Å². The highest BCUT2D eigenvalue weighted by Crippen LogP contribution is 2.30. The molecule has 8 nitrogen and oxygen atoms in total. The van der Waals surface area contributed by atoms with Crippen LogP contribution in [-0.2, 0) is 11.2 Å². The van der Waals surface area contributed by atoms with Crippen LogP contribution in [0.2, 0.25) is 0 Å². The Morgan fingerprint density at radius 2 is 1.89 bits per heavy atom. The number of nitrogens with zero attached hydrogens (tertiary/aromatic N) is 4. The highest BCUT2D eigenvalue weighted by molar-refractivity contribution is 5.98. The molecule has 0 unspecified atom stereocenters. The van der Waals surface area contributed by atoms with Crippen LogP contribution in [0.25, 0.3) is 11.1 Å². The second kappa shape index (κ2) is 11.5. The average Bonchev–Trinajstić information content (AvgIpc) is 2.91. The molecule has 3 atom stereocenters. The third-order valence-electron chi connectivity index (χ3n) is 6.89. The summed E-state index contributed by atoms with van der Waals surface area (Å²) in [5.74, 6) is -0.141. The number of aryl methyl sites for hydroxylation is 1. The molecule has 4 rings (SSSR count). The van der Waals surface area contributed by atoms with Crippen molar-refractivity contribution in [1.82, 2.24) is 19.8 Å². The molecule has 3 aromatic rings. The minimum absolute atomic E-state index is 0.0383. The summed E-state index contributed by atoms with van der Waals surface area (Å²) in [6.45, 7) is 6.39. The summed E-state index contributed by atoms with van der Waals surface area (Å²) in [5, 5.41) is 9.89. The van der Waals surface area contributed by atoms with Crippen molar-refractivity contribution in [2.45, 2.75) is 39.3 Å². The van der Waals surface area contributed by atoms with E-state index >= 15 is 0 Å². The molecular weight excluding hydrogens is 468 g/mol. The highest BCUT2D eigenvalue weighted by Gasteiger charge is 2.34. The Labute approximate surface area is 217 Å². The van der Waals surface area contributed by atoms with Gasteiger partial charge in [-0.25, -0.2) is 4.98 Å². The average molecular weight is 503 g/mol. The number of hydrogen-bond acceptors (Lipinski definition) is 6. The monoisotopic (exact) mass is 502 g/mol. The second-order valence-electron chi connectivity index (χ2n) is 9.87. The molecule has 0 aliphatic carbocycles. The lowest BCUT2D eigenvalue weighted by Gasteiger charge is -2.37. The first-order chi connectivity index (χ1) is 17.8. The van der Waals surface area contributed by atoms with Gasteiger partial charge in [0.05, 0.1) is 25.6 Å². The van der Waals surface area contributed by atoms with Crippen LogP contribution >= 0.6 is 0 Å². The third-order valence-corrected chi connectivity index (χ3v) is 6.89. The molecule has 0 radical (unpaired) electrons. The maximum absolute atomic E-state index is 13.6. The summed E-state index contributed by atoms with van der Waals surface area (Å²) >= 11 is 0. The largest absolute Gasteiger partial charge is 0.472 e. The van der Waals surface area contributed by atoms with Gasteiger partial charge in [-0.15, -0.1) is 0 Å². The topological polar surface area (TPSA) is 95.9 Å². The van der Waals surface area contributed by atoms with Crippen LogP contribution in [0.4, 0.5) is 0 Å². The molecule has 1 aliphatic rings. The maximum atomic E-state index is 13.6. The molecular formula is C29H34N4O4. The van der Waals surface area contributed by atoms with E-state index in [9.17, 15) is 14.7 Å². The molecule has 0 saturated heterocycles. The lowest BCUT2D eigenvalue weighted by Crippen LogP contribution is -2.50. The molecule has 194 valence electrons. The fourth-order valence-corrected chi connectivity index (χ4v) is 4.41. The van der Waals surface area contributed by atoms with Crippen LogP contribution in [0.1, 0.15) is 35.3 Å². The fraction of sp³-hybridized carbons (Fsp3) is 0.379. The van der Waals surface area contributed by atoms with Gasteiger partial charge in [0.25, 0.3) is 5.91 Å². The fourth-order valence-electron chi connectivity index (χ4n) is 4.41. The summed E-state index contributed by atoms with van der Waals surface area (Å²) in [5.41, 5.74) is 4.14. The normalized spacial score (nSPS) is 18.3. The second-order valence-corrected chi connectivity index (χ2v) is 9.87. The van der Waals surface area contributed by atoms with Gasteiger partial charge in [0.1, 0.15) is 11.7 Å². The Morgan fingerprint density at radius 1 is 1.19 bits per heavy atom. The number of amides is 2. The number of benzene rings is 1. The highest BCUT2D eigenvalue weighted by atomic mass is 16.5. The number of fused-ring (bicyclic) bond motifs is 1. The van der Waals surface area contributed by atoms with Crippen LogP contribution in [-0.4, -0.2) is 75.6 Å². The molecule has 1 aliphatic heterocycles. The number of aliphatic hydroxyl groups is 1. The summed E-state index contributed by atoms with van der Waals surface area (Å²) < 4.78 is 6.34. The van der Waals surface area contributed by atoms with Crippen molar-refractivity contribution in [2.24, 2.45) is 5.92 Å². The minimum atomic E-state index is -0.399. The summed E-state index contributed by atoms with van der Waals surface area (Å²) in [4.78, 5) is 38.5. The van der Waals surface area contributed by atoms with E-state index in [1.807, 2.05) is 57.2 Å². The molecule has 1 aromatic carbocycles. The molecule has 2 aromatic heterocycles.